The molecular formula is C21H20ClFN2O3. The number of nitrogens with one attached hydrogen (secondary N) is 1. The lowest BCUT2D eigenvalue weighted by atomic mass is 9.92. The second-order valence-electron chi connectivity index (χ2n) is 6.64. The molecule has 146 valence electrons. The van der Waals surface area contributed by atoms with E-state index < -0.39 is 18.0 Å². The second-order valence-corrected chi connectivity index (χ2v) is 7.08. The minimum atomic E-state index is -0.625. The molecule has 7 heteroatoms. The fraction of sp³-hybridized carbons (Fsp3) is 0.286. The maximum absolute atomic E-state index is 15.0. The summed E-state index contributed by atoms with van der Waals surface area (Å²) in [5, 5.41) is 1.62. The first kappa shape index (κ1) is 18.6. The second kappa shape index (κ2) is 7.36. The third-order valence-corrected chi connectivity index (χ3v) is 5.33. The van der Waals surface area contributed by atoms with E-state index in [0.29, 0.717) is 29.3 Å². The molecule has 28 heavy (non-hydrogen) atoms. The highest BCUT2D eigenvalue weighted by atomic mass is 35.5. The number of nitrogens with zero attached hydrogens (tertiary/aromatic N) is 1. The Hall–Kier alpha value is -2.73. The van der Waals surface area contributed by atoms with E-state index in [9.17, 15) is 9.18 Å². The molecule has 0 bridgehead atoms. The van der Waals surface area contributed by atoms with Crippen LogP contribution in [-0.2, 0) is 11.2 Å². The number of carbonyl (C=O) groups is 1. The molecule has 0 saturated heterocycles. The van der Waals surface area contributed by atoms with Gasteiger partial charge in [-0.15, -0.1) is 0 Å². The van der Waals surface area contributed by atoms with E-state index in [1.54, 1.807) is 30.0 Å². The zero-order valence-electron chi connectivity index (χ0n) is 15.6. The number of aromatic amines is 1. The summed E-state index contributed by atoms with van der Waals surface area (Å²) in [6.07, 6.45) is 0.160. The number of ether oxygens (including phenoxy) is 2. The van der Waals surface area contributed by atoms with Crippen LogP contribution >= 0.6 is 11.6 Å². The third-order valence-electron chi connectivity index (χ3n) is 5.09. The predicted octanol–water partition coefficient (Wildman–Crippen LogP) is 5.07. The van der Waals surface area contributed by atoms with Gasteiger partial charge in [0.2, 0.25) is 0 Å². The van der Waals surface area contributed by atoms with Crippen molar-refractivity contribution in [1.29, 1.82) is 0 Å². The number of hydrogen-bond acceptors (Lipinski definition) is 3. The van der Waals surface area contributed by atoms with Crippen LogP contribution in [0, 0.1) is 5.82 Å². The Balaban J connectivity index is 1.90. The lowest BCUT2D eigenvalue weighted by molar-refractivity contribution is 0.0926. The summed E-state index contributed by atoms with van der Waals surface area (Å²) in [6.45, 7) is 2.42. The topological polar surface area (TPSA) is 54.6 Å². The summed E-state index contributed by atoms with van der Waals surface area (Å²) in [4.78, 5) is 17.5. The minimum absolute atomic E-state index is 0.252. The highest BCUT2D eigenvalue weighted by Gasteiger charge is 2.36. The molecule has 0 radical (unpaired) electrons. The molecule has 1 atom stereocenters. The lowest BCUT2D eigenvalue weighted by Gasteiger charge is -2.35. The van der Waals surface area contributed by atoms with Crippen LogP contribution < -0.4 is 4.74 Å². The van der Waals surface area contributed by atoms with Crippen LogP contribution in [0.4, 0.5) is 9.18 Å². The molecule has 0 saturated carbocycles. The van der Waals surface area contributed by atoms with E-state index in [0.717, 1.165) is 22.2 Å². The molecule has 5 nitrogen and oxygen atoms in total. The van der Waals surface area contributed by atoms with Gasteiger partial charge in [0.1, 0.15) is 17.6 Å². The number of aromatic nitrogens is 1. The highest BCUT2D eigenvalue weighted by Crippen LogP contribution is 2.40. The molecule has 1 unspecified atom stereocenters. The smallest absolute Gasteiger partial charge is 0.410 e. The Morgan fingerprint density at radius 2 is 2.14 bits per heavy atom. The summed E-state index contributed by atoms with van der Waals surface area (Å²) in [7, 11) is 1.49. The summed E-state index contributed by atoms with van der Waals surface area (Å²) in [5.41, 5.74) is 3.10. The number of carbonyl (C=O) groups excluding carboxylic acids is 1. The van der Waals surface area contributed by atoms with Crippen molar-refractivity contribution < 1.29 is 18.7 Å². The van der Waals surface area contributed by atoms with Gasteiger partial charge in [0.25, 0.3) is 0 Å². The van der Waals surface area contributed by atoms with E-state index in [1.165, 1.54) is 13.2 Å². The van der Waals surface area contributed by atoms with Crippen molar-refractivity contribution in [2.75, 3.05) is 20.3 Å². The normalized spacial score (nSPS) is 16.1. The van der Waals surface area contributed by atoms with Gasteiger partial charge in [-0.3, -0.25) is 4.90 Å². The lowest BCUT2D eigenvalue weighted by Crippen LogP contribution is -2.41. The number of amides is 1. The average molecular weight is 403 g/mol. The van der Waals surface area contributed by atoms with Gasteiger partial charge in [-0.1, -0.05) is 11.6 Å². The quantitative estimate of drug-likeness (QED) is 0.665. The number of hydrogen-bond donors (Lipinski definition) is 1. The van der Waals surface area contributed by atoms with E-state index >= 15 is 0 Å². The van der Waals surface area contributed by atoms with E-state index in [-0.39, 0.29) is 6.61 Å². The number of fused-ring (bicyclic) bond motifs is 3. The maximum atomic E-state index is 15.0. The number of H-pyrrole nitrogens is 1. The monoisotopic (exact) mass is 402 g/mol. The molecular weight excluding hydrogens is 383 g/mol. The maximum Gasteiger partial charge on any atom is 0.410 e. The first-order valence-corrected chi connectivity index (χ1v) is 9.48. The number of halogens is 2. The van der Waals surface area contributed by atoms with Crippen molar-refractivity contribution in [1.82, 2.24) is 9.88 Å². The van der Waals surface area contributed by atoms with Gasteiger partial charge in [-0.25, -0.2) is 9.18 Å². The largest absolute Gasteiger partial charge is 0.497 e. The summed E-state index contributed by atoms with van der Waals surface area (Å²) >= 11 is 6.18. The summed E-state index contributed by atoms with van der Waals surface area (Å²) < 4.78 is 25.3. The summed E-state index contributed by atoms with van der Waals surface area (Å²) in [5.74, 6) is -0.0217. The van der Waals surface area contributed by atoms with Crippen molar-refractivity contribution in [2.24, 2.45) is 0 Å². The zero-order chi connectivity index (χ0) is 19.8. The van der Waals surface area contributed by atoms with Crippen LogP contribution in [0.5, 0.6) is 5.75 Å². The minimum Gasteiger partial charge on any atom is -0.497 e. The molecule has 0 spiro atoms. The van der Waals surface area contributed by atoms with Gasteiger partial charge in [0, 0.05) is 39.8 Å². The molecule has 1 N–H and O–H groups in total. The Labute approximate surface area is 167 Å². The van der Waals surface area contributed by atoms with Crippen LogP contribution in [-0.4, -0.2) is 36.2 Å². The van der Waals surface area contributed by atoms with Crippen LogP contribution in [0.15, 0.2) is 36.4 Å². The highest BCUT2D eigenvalue weighted by molar-refractivity contribution is 6.31. The van der Waals surface area contributed by atoms with Crippen LogP contribution in [0.3, 0.4) is 0 Å². The van der Waals surface area contributed by atoms with Gasteiger partial charge < -0.3 is 14.5 Å². The Bertz CT molecular complexity index is 1050. The molecule has 2 aromatic carbocycles. The molecule has 1 aliphatic rings. The fourth-order valence-electron chi connectivity index (χ4n) is 3.84. The summed E-state index contributed by atoms with van der Waals surface area (Å²) in [6, 6.07) is 9.64. The zero-order valence-corrected chi connectivity index (χ0v) is 16.3. The molecule has 1 aliphatic heterocycles. The number of methoxy groups -OCH3 is 1. The van der Waals surface area contributed by atoms with Gasteiger partial charge in [-0.2, -0.15) is 0 Å². The van der Waals surface area contributed by atoms with Crippen molar-refractivity contribution >= 4 is 28.6 Å². The van der Waals surface area contributed by atoms with E-state index in [2.05, 4.69) is 4.98 Å². The van der Waals surface area contributed by atoms with Crippen LogP contribution in [0.1, 0.15) is 29.8 Å². The van der Waals surface area contributed by atoms with Gasteiger partial charge in [0.05, 0.1) is 13.7 Å². The Morgan fingerprint density at radius 1 is 1.32 bits per heavy atom. The number of benzene rings is 2. The number of rotatable bonds is 3. The van der Waals surface area contributed by atoms with Gasteiger partial charge in [0.15, 0.2) is 0 Å². The van der Waals surface area contributed by atoms with Crippen LogP contribution in [0.2, 0.25) is 5.02 Å². The van der Waals surface area contributed by atoms with Crippen molar-refractivity contribution in [3.05, 3.63) is 64.1 Å². The predicted molar refractivity (Wildman–Crippen MR) is 106 cm³/mol. The van der Waals surface area contributed by atoms with E-state index in [1.807, 2.05) is 12.1 Å². The van der Waals surface area contributed by atoms with Crippen molar-refractivity contribution in [2.45, 2.75) is 19.4 Å². The standard InChI is InChI=1S/C21H20ClFN2O3/c1-3-28-21(26)25-9-8-14-16-10-12(22)4-7-18(16)24-19(14)20(25)15-6-5-13(27-2)11-17(15)23/h4-7,10-11,20,24H,3,8-9H2,1-2H3. The molecule has 1 aromatic heterocycles. The molecule has 0 fully saturated rings. The molecule has 4 rings (SSSR count). The van der Waals surface area contributed by atoms with Crippen molar-refractivity contribution in [3.63, 3.8) is 0 Å². The average Bonchev–Trinajstić information content (AvgIpc) is 3.05. The van der Waals surface area contributed by atoms with Gasteiger partial charge >= 0.3 is 6.09 Å². The molecule has 0 aliphatic carbocycles. The van der Waals surface area contributed by atoms with Gasteiger partial charge in [-0.05, 0) is 49.2 Å². The first-order chi connectivity index (χ1) is 13.5. The molecule has 2 heterocycles. The first-order valence-electron chi connectivity index (χ1n) is 9.10. The SMILES string of the molecule is CCOC(=O)N1CCc2c([nH]c3ccc(Cl)cc23)C1c1ccc(OC)cc1F. The Kier molecular flexibility index (Phi) is 4.89. The molecule has 3 aromatic rings. The van der Waals surface area contributed by atoms with Crippen molar-refractivity contribution in [3.8, 4) is 5.75 Å². The fourth-order valence-corrected chi connectivity index (χ4v) is 4.02. The third kappa shape index (κ3) is 3.07. The van der Waals surface area contributed by atoms with E-state index in [4.69, 9.17) is 21.1 Å². The Morgan fingerprint density at radius 3 is 2.86 bits per heavy atom. The van der Waals surface area contributed by atoms with Crippen LogP contribution in [0.25, 0.3) is 10.9 Å². The molecule has 1 amide bonds.